The molecule has 0 atom stereocenters. The van der Waals surface area contributed by atoms with Crippen LogP contribution in [0.5, 0.6) is 0 Å². The standard InChI is InChI=1S/C15H22N2O.ClH/c1-11-3-4-14(12(2)9-11)15(18)17-7-5-13(10-16)6-8-17;/h3-4,9,13H,5-8,10,16H2,1-2H3;1H. The molecule has 0 bridgehead atoms. The molecule has 2 N–H and O–H groups in total. The summed E-state index contributed by atoms with van der Waals surface area (Å²) in [5, 5.41) is 0. The summed E-state index contributed by atoms with van der Waals surface area (Å²) >= 11 is 0. The smallest absolute Gasteiger partial charge is 0.254 e. The zero-order valence-electron chi connectivity index (χ0n) is 11.7. The van der Waals surface area contributed by atoms with Crippen LogP contribution in [0.1, 0.15) is 34.3 Å². The Morgan fingerprint density at radius 1 is 1.32 bits per heavy atom. The van der Waals surface area contributed by atoms with Crippen LogP contribution in [0.15, 0.2) is 18.2 Å². The van der Waals surface area contributed by atoms with Crippen molar-refractivity contribution in [1.29, 1.82) is 0 Å². The highest BCUT2D eigenvalue weighted by atomic mass is 35.5. The van der Waals surface area contributed by atoms with Gasteiger partial charge in [0.15, 0.2) is 0 Å². The van der Waals surface area contributed by atoms with Gasteiger partial charge >= 0.3 is 0 Å². The molecular formula is C15H23ClN2O. The van der Waals surface area contributed by atoms with Gasteiger partial charge in [0.1, 0.15) is 0 Å². The summed E-state index contributed by atoms with van der Waals surface area (Å²) in [6.07, 6.45) is 2.07. The summed E-state index contributed by atoms with van der Waals surface area (Å²) in [4.78, 5) is 14.4. The number of carbonyl (C=O) groups is 1. The third-order valence-electron chi connectivity index (χ3n) is 3.85. The first kappa shape index (κ1) is 16.0. The minimum Gasteiger partial charge on any atom is -0.339 e. The van der Waals surface area contributed by atoms with Crippen LogP contribution in [0.25, 0.3) is 0 Å². The van der Waals surface area contributed by atoms with Gasteiger partial charge in [0, 0.05) is 18.7 Å². The topological polar surface area (TPSA) is 46.3 Å². The van der Waals surface area contributed by atoms with E-state index in [0.717, 1.165) is 43.6 Å². The normalized spacial score (nSPS) is 16.1. The zero-order chi connectivity index (χ0) is 13.1. The van der Waals surface area contributed by atoms with E-state index in [9.17, 15) is 4.79 Å². The summed E-state index contributed by atoms with van der Waals surface area (Å²) < 4.78 is 0. The molecule has 4 heteroatoms. The van der Waals surface area contributed by atoms with Crippen molar-refractivity contribution in [3.8, 4) is 0 Å². The highest BCUT2D eigenvalue weighted by Gasteiger charge is 2.23. The fraction of sp³-hybridized carbons (Fsp3) is 0.533. The van der Waals surface area contributed by atoms with E-state index in [1.54, 1.807) is 0 Å². The van der Waals surface area contributed by atoms with Crippen molar-refractivity contribution in [2.24, 2.45) is 11.7 Å². The lowest BCUT2D eigenvalue weighted by atomic mass is 9.96. The molecule has 106 valence electrons. The molecule has 0 unspecified atom stereocenters. The number of carbonyl (C=O) groups excluding carboxylic acids is 1. The number of rotatable bonds is 2. The van der Waals surface area contributed by atoms with Gasteiger partial charge in [-0.05, 0) is 50.8 Å². The second kappa shape index (κ2) is 6.92. The molecular weight excluding hydrogens is 260 g/mol. The van der Waals surface area contributed by atoms with Crippen LogP contribution in [0.2, 0.25) is 0 Å². The molecule has 1 aliphatic rings. The minimum absolute atomic E-state index is 0. The Bertz CT molecular complexity index is 440. The van der Waals surface area contributed by atoms with E-state index in [4.69, 9.17) is 5.73 Å². The lowest BCUT2D eigenvalue weighted by Gasteiger charge is -2.31. The number of benzene rings is 1. The molecule has 1 fully saturated rings. The first-order chi connectivity index (χ1) is 8.61. The average Bonchev–Trinajstić information content (AvgIpc) is 2.38. The Morgan fingerprint density at radius 2 is 1.95 bits per heavy atom. The number of halogens is 1. The van der Waals surface area contributed by atoms with Crippen LogP contribution in [-0.2, 0) is 0 Å². The molecule has 1 aromatic carbocycles. The number of amides is 1. The molecule has 0 saturated carbocycles. The van der Waals surface area contributed by atoms with Crippen LogP contribution < -0.4 is 5.73 Å². The Morgan fingerprint density at radius 3 is 2.47 bits per heavy atom. The number of nitrogens with zero attached hydrogens (tertiary/aromatic N) is 1. The third-order valence-corrected chi connectivity index (χ3v) is 3.85. The Balaban J connectivity index is 0.00000180. The lowest BCUT2D eigenvalue weighted by molar-refractivity contribution is 0.0692. The first-order valence-electron chi connectivity index (χ1n) is 6.68. The number of piperidine rings is 1. The van der Waals surface area contributed by atoms with E-state index in [1.807, 2.05) is 30.9 Å². The Labute approximate surface area is 121 Å². The van der Waals surface area contributed by atoms with Crippen molar-refractivity contribution < 1.29 is 4.79 Å². The second-order valence-corrected chi connectivity index (χ2v) is 5.29. The molecule has 2 rings (SSSR count). The van der Waals surface area contributed by atoms with E-state index in [1.165, 1.54) is 5.56 Å². The molecule has 0 aromatic heterocycles. The summed E-state index contributed by atoms with van der Waals surface area (Å²) in [6.45, 7) is 6.48. The van der Waals surface area contributed by atoms with Crippen LogP contribution in [0.3, 0.4) is 0 Å². The Hall–Kier alpha value is -1.06. The SMILES string of the molecule is Cc1ccc(C(=O)N2CCC(CN)CC2)c(C)c1.Cl. The predicted molar refractivity (Wildman–Crippen MR) is 80.8 cm³/mol. The van der Waals surface area contributed by atoms with Crippen LogP contribution >= 0.6 is 12.4 Å². The molecule has 1 aromatic rings. The minimum atomic E-state index is 0. The summed E-state index contributed by atoms with van der Waals surface area (Å²) in [6, 6.07) is 6.02. The summed E-state index contributed by atoms with van der Waals surface area (Å²) in [5.74, 6) is 0.760. The number of aryl methyl sites for hydroxylation is 2. The van der Waals surface area contributed by atoms with Gasteiger partial charge in [0.25, 0.3) is 5.91 Å². The van der Waals surface area contributed by atoms with Crippen LogP contribution in [0, 0.1) is 19.8 Å². The first-order valence-corrected chi connectivity index (χ1v) is 6.68. The van der Waals surface area contributed by atoms with E-state index in [0.29, 0.717) is 5.92 Å². The van der Waals surface area contributed by atoms with Crippen LogP contribution in [-0.4, -0.2) is 30.4 Å². The quantitative estimate of drug-likeness (QED) is 0.906. The molecule has 0 aliphatic carbocycles. The molecule has 1 heterocycles. The lowest BCUT2D eigenvalue weighted by Crippen LogP contribution is -2.40. The average molecular weight is 283 g/mol. The van der Waals surface area contributed by atoms with Crippen molar-refractivity contribution in [3.05, 3.63) is 34.9 Å². The molecule has 1 saturated heterocycles. The van der Waals surface area contributed by atoms with E-state index in [-0.39, 0.29) is 18.3 Å². The molecule has 1 aliphatic heterocycles. The van der Waals surface area contributed by atoms with Gasteiger partial charge in [-0.15, -0.1) is 12.4 Å². The zero-order valence-corrected chi connectivity index (χ0v) is 12.5. The Kier molecular flexibility index (Phi) is 5.83. The highest BCUT2D eigenvalue weighted by molar-refractivity contribution is 5.95. The molecule has 1 amide bonds. The van der Waals surface area contributed by atoms with Gasteiger partial charge in [-0.25, -0.2) is 0 Å². The van der Waals surface area contributed by atoms with Crippen molar-refractivity contribution in [1.82, 2.24) is 4.90 Å². The van der Waals surface area contributed by atoms with Gasteiger partial charge < -0.3 is 10.6 Å². The van der Waals surface area contributed by atoms with Gasteiger partial charge in [-0.2, -0.15) is 0 Å². The van der Waals surface area contributed by atoms with Crippen LogP contribution in [0.4, 0.5) is 0 Å². The fourth-order valence-corrected chi connectivity index (χ4v) is 2.60. The van der Waals surface area contributed by atoms with Crippen molar-refractivity contribution in [2.75, 3.05) is 19.6 Å². The maximum atomic E-state index is 12.4. The molecule has 3 nitrogen and oxygen atoms in total. The molecule has 0 radical (unpaired) electrons. The number of likely N-dealkylation sites (tertiary alicyclic amines) is 1. The highest BCUT2D eigenvalue weighted by Crippen LogP contribution is 2.19. The van der Waals surface area contributed by atoms with Gasteiger partial charge in [0.2, 0.25) is 0 Å². The fourth-order valence-electron chi connectivity index (χ4n) is 2.60. The van der Waals surface area contributed by atoms with Crippen molar-refractivity contribution in [2.45, 2.75) is 26.7 Å². The predicted octanol–water partition coefficient (Wildman–Crippen LogP) is 2.54. The number of hydrogen-bond acceptors (Lipinski definition) is 2. The van der Waals surface area contributed by atoms with Crippen molar-refractivity contribution in [3.63, 3.8) is 0 Å². The molecule has 19 heavy (non-hydrogen) atoms. The summed E-state index contributed by atoms with van der Waals surface area (Å²) in [5.41, 5.74) is 8.78. The largest absolute Gasteiger partial charge is 0.339 e. The van der Waals surface area contributed by atoms with Crippen molar-refractivity contribution >= 4 is 18.3 Å². The number of nitrogens with two attached hydrogens (primary N) is 1. The second-order valence-electron chi connectivity index (χ2n) is 5.29. The van der Waals surface area contributed by atoms with Gasteiger partial charge in [0.05, 0.1) is 0 Å². The van der Waals surface area contributed by atoms with E-state index < -0.39 is 0 Å². The van der Waals surface area contributed by atoms with E-state index >= 15 is 0 Å². The van der Waals surface area contributed by atoms with E-state index in [2.05, 4.69) is 6.07 Å². The third kappa shape index (κ3) is 3.71. The summed E-state index contributed by atoms with van der Waals surface area (Å²) in [7, 11) is 0. The van der Waals surface area contributed by atoms with Gasteiger partial charge in [-0.3, -0.25) is 4.79 Å². The molecule has 0 spiro atoms. The monoisotopic (exact) mass is 282 g/mol. The number of hydrogen-bond donors (Lipinski definition) is 1. The maximum absolute atomic E-state index is 12.4. The van der Waals surface area contributed by atoms with Gasteiger partial charge in [-0.1, -0.05) is 17.7 Å². The maximum Gasteiger partial charge on any atom is 0.254 e.